The topological polar surface area (TPSA) is 41.6 Å². The van der Waals surface area contributed by atoms with Crippen molar-refractivity contribution in [3.8, 4) is 0 Å². The predicted octanol–water partition coefficient (Wildman–Crippen LogP) is 1.16. The van der Waals surface area contributed by atoms with Crippen LogP contribution in [-0.2, 0) is 9.53 Å². The van der Waals surface area contributed by atoms with Gasteiger partial charge in [-0.2, -0.15) is 0 Å². The normalized spacial score (nSPS) is 33.4. The van der Waals surface area contributed by atoms with Gasteiger partial charge in [0.05, 0.1) is 11.7 Å². The lowest BCUT2D eigenvalue weighted by atomic mass is 9.89. The number of ether oxygens (including phenoxy) is 1. The molecule has 1 atom stereocenters. The smallest absolute Gasteiger partial charge is 0.228 e. The number of hydrogen-bond donors (Lipinski definition) is 1. The third-order valence-corrected chi connectivity index (χ3v) is 4.73. The average molecular weight is 252 g/mol. The Hall–Kier alpha value is -0.610. The Labute approximate surface area is 109 Å². The van der Waals surface area contributed by atoms with E-state index in [4.69, 9.17) is 4.74 Å². The molecule has 0 bridgehead atoms. The molecule has 1 saturated carbocycles. The van der Waals surface area contributed by atoms with E-state index in [1.807, 2.05) is 0 Å². The number of carbonyl (C=O) groups is 1. The van der Waals surface area contributed by atoms with Crippen molar-refractivity contribution in [3.63, 3.8) is 0 Å². The summed E-state index contributed by atoms with van der Waals surface area (Å²) >= 11 is 0. The molecular formula is C14H24N2O2. The van der Waals surface area contributed by atoms with E-state index in [9.17, 15) is 4.79 Å². The van der Waals surface area contributed by atoms with Crippen LogP contribution in [0.4, 0.5) is 0 Å². The number of hydrogen-bond acceptors (Lipinski definition) is 3. The molecule has 102 valence electrons. The second kappa shape index (κ2) is 4.20. The second-order valence-electron chi connectivity index (χ2n) is 6.61. The summed E-state index contributed by atoms with van der Waals surface area (Å²) in [5.41, 5.74) is -0.130. The van der Waals surface area contributed by atoms with Crippen molar-refractivity contribution in [2.45, 2.75) is 51.2 Å². The molecule has 3 fully saturated rings. The first-order valence-corrected chi connectivity index (χ1v) is 7.21. The minimum absolute atomic E-state index is 0.0504. The molecule has 1 aliphatic carbocycles. The van der Waals surface area contributed by atoms with Crippen LogP contribution < -0.4 is 5.32 Å². The number of morpholine rings is 1. The van der Waals surface area contributed by atoms with Gasteiger partial charge >= 0.3 is 0 Å². The summed E-state index contributed by atoms with van der Waals surface area (Å²) in [6.07, 6.45) is 4.34. The van der Waals surface area contributed by atoms with E-state index in [0.29, 0.717) is 5.91 Å². The quantitative estimate of drug-likeness (QED) is 0.761. The van der Waals surface area contributed by atoms with Gasteiger partial charge in [0.2, 0.25) is 5.91 Å². The number of piperidine rings is 1. The van der Waals surface area contributed by atoms with Gasteiger partial charge in [0.1, 0.15) is 0 Å². The Bertz CT molecular complexity index is 346. The molecule has 18 heavy (non-hydrogen) atoms. The van der Waals surface area contributed by atoms with Gasteiger partial charge < -0.3 is 15.0 Å². The molecule has 0 aromatic rings. The predicted molar refractivity (Wildman–Crippen MR) is 69.3 cm³/mol. The first kappa shape index (κ1) is 12.4. The van der Waals surface area contributed by atoms with Gasteiger partial charge in [0, 0.05) is 18.5 Å². The number of nitrogens with one attached hydrogen (secondary N) is 1. The van der Waals surface area contributed by atoms with E-state index in [1.165, 1.54) is 0 Å². The van der Waals surface area contributed by atoms with Crippen LogP contribution in [0, 0.1) is 5.41 Å². The minimum Gasteiger partial charge on any atom is -0.368 e. The van der Waals surface area contributed by atoms with Crippen molar-refractivity contribution in [2.24, 2.45) is 5.41 Å². The Morgan fingerprint density at radius 1 is 1.28 bits per heavy atom. The maximum Gasteiger partial charge on any atom is 0.228 e. The standard InChI is InChI=1S/C14H24N2O2/c1-11-9-16(12(17)13(2)3-4-13)10-14(18-11)5-7-15-8-6-14/h11,15H,3-10H2,1-2H3. The number of carbonyl (C=O) groups excluding carboxylic acids is 1. The molecule has 0 radical (unpaired) electrons. The molecule has 0 aromatic carbocycles. The van der Waals surface area contributed by atoms with Crippen molar-refractivity contribution in [2.75, 3.05) is 26.2 Å². The number of rotatable bonds is 1. The zero-order chi connectivity index (χ0) is 12.8. The molecule has 2 saturated heterocycles. The zero-order valence-electron chi connectivity index (χ0n) is 11.5. The minimum atomic E-state index is -0.0795. The lowest BCUT2D eigenvalue weighted by Crippen LogP contribution is -2.60. The molecule has 2 aliphatic heterocycles. The third-order valence-electron chi connectivity index (χ3n) is 4.73. The second-order valence-corrected chi connectivity index (χ2v) is 6.61. The first-order valence-electron chi connectivity index (χ1n) is 7.21. The SMILES string of the molecule is CC1CN(C(=O)C2(C)CC2)CC2(CCNCC2)O1. The van der Waals surface area contributed by atoms with Crippen LogP contribution in [0.5, 0.6) is 0 Å². The number of amides is 1. The molecular weight excluding hydrogens is 228 g/mol. The molecule has 0 aromatic heterocycles. The Kier molecular flexibility index (Phi) is 2.90. The summed E-state index contributed by atoms with van der Waals surface area (Å²) < 4.78 is 6.19. The molecule has 3 aliphatic rings. The van der Waals surface area contributed by atoms with Gasteiger partial charge in [-0.1, -0.05) is 6.92 Å². The van der Waals surface area contributed by atoms with Gasteiger partial charge in [-0.3, -0.25) is 4.79 Å². The highest BCUT2D eigenvalue weighted by Gasteiger charge is 2.50. The molecule has 1 spiro atoms. The lowest BCUT2D eigenvalue weighted by Gasteiger charge is -2.48. The van der Waals surface area contributed by atoms with Gasteiger partial charge in [0.15, 0.2) is 0 Å². The Balaban J connectivity index is 1.73. The average Bonchev–Trinajstić information content (AvgIpc) is 3.07. The summed E-state index contributed by atoms with van der Waals surface area (Å²) in [4.78, 5) is 14.6. The van der Waals surface area contributed by atoms with E-state index in [-0.39, 0.29) is 17.1 Å². The van der Waals surface area contributed by atoms with E-state index in [0.717, 1.165) is 51.9 Å². The van der Waals surface area contributed by atoms with E-state index >= 15 is 0 Å². The van der Waals surface area contributed by atoms with Gasteiger partial charge in [-0.15, -0.1) is 0 Å². The summed E-state index contributed by atoms with van der Waals surface area (Å²) in [5.74, 6) is 0.357. The van der Waals surface area contributed by atoms with Crippen molar-refractivity contribution >= 4 is 5.91 Å². The van der Waals surface area contributed by atoms with Crippen LogP contribution >= 0.6 is 0 Å². The van der Waals surface area contributed by atoms with Crippen molar-refractivity contribution < 1.29 is 9.53 Å². The largest absolute Gasteiger partial charge is 0.368 e. The fourth-order valence-corrected chi connectivity index (χ4v) is 3.32. The fraction of sp³-hybridized carbons (Fsp3) is 0.929. The van der Waals surface area contributed by atoms with Crippen LogP contribution in [0.25, 0.3) is 0 Å². The van der Waals surface area contributed by atoms with Gasteiger partial charge in [-0.25, -0.2) is 0 Å². The maximum atomic E-state index is 12.5. The molecule has 4 heteroatoms. The third kappa shape index (κ3) is 2.16. The van der Waals surface area contributed by atoms with Crippen LogP contribution in [-0.4, -0.2) is 48.7 Å². The van der Waals surface area contributed by atoms with E-state index < -0.39 is 0 Å². The zero-order valence-corrected chi connectivity index (χ0v) is 11.5. The van der Waals surface area contributed by atoms with Crippen LogP contribution in [0.3, 0.4) is 0 Å². The highest BCUT2D eigenvalue weighted by molar-refractivity contribution is 5.85. The van der Waals surface area contributed by atoms with E-state index in [1.54, 1.807) is 0 Å². The Morgan fingerprint density at radius 2 is 1.94 bits per heavy atom. The molecule has 1 unspecified atom stereocenters. The molecule has 1 N–H and O–H groups in total. The van der Waals surface area contributed by atoms with E-state index in [2.05, 4.69) is 24.1 Å². The van der Waals surface area contributed by atoms with Gasteiger partial charge in [-0.05, 0) is 45.7 Å². The number of nitrogens with zero attached hydrogens (tertiary/aromatic N) is 1. The molecule has 3 rings (SSSR count). The highest BCUT2D eigenvalue weighted by Crippen LogP contribution is 2.47. The highest BCUT2D eigenvalue weighted by atomic mass is 16.5. The van der Waals surface area contributed by atoms with Crippen molar-refractivity contribution in [1.29, 1.82) is 0 Å². The lowest BCUT2D eigenvalue weighted by molar-refractivity contribution is -0.176. The summed E-state index contributed by atoms with van der Waals surface area (Å²) in [6.45, 7) is 7.78. The fourth-order valence-electron chi connectivity index (χ4n) is 3.32. The van der Waals surface area contributed by atoms with Crippen molar-refractivity contribution in [3.05, 3.63) is 0 Å². The Morgan fingerprint density at radius 3 is 2.56 bits per heavy atom. The van der Waals surface area contributed by atoms with Crippen LogP contribution in [0.1, 0.15) is 39.5 Å². The monoisotopic (exact) mass is 252 g/mol. The summed E-state index contributed by atoms with van der Waals surface area (Å²) in [6, 6.07) is 0. The summed E-state index contributed by atoms with van der Waals surface area (Å²) in [5, 5.41) is 3.37. The van der Waals surface area contributed by atoms with Crippen LogP contribution in [0.15, 0.2) is 0 Å². The van der Waals surface area contributed by atoms with Gasteiger partial charge in [0.25, 0.3) is 0 Å². The molecule has 4 nitrogen and oxygen atoms in total. The molecule has 1 amide bonds. The molecule has 2 heterocycles. The maximum absolute atomic E-state index is 12.5. The van der Waals surface area contributed by atoms with Crippen LogP contribution in [0.2, 0.25) is 0 Å². The first-order chi connectivity index (χ1) is 8.53. The summed E-state index contributed by atoms with van der Waals surface area (Å²) in [7, 11) is 0. The van der Waals surface area contributed by atoms with Crippen molar-refractivity contribution in [1.82, 2.24) is 10.2 Å².